The van der Waals surface area contributed by atoms with Crippen LogP contribution in [0.4, 0.5) is 13.2 Å². The topological polar surface area (TPSA) is 94.2 Å². The summed E-state index contributed by atoms with van der Waals surface area (Å²) in [7, 11) is -3.72. The molecule has 1 aromatic heterocycles. The van der Waals surface area contributed by atoms with Crippen molar-refractivity contribution in [1.82, 2.24) is 14.4 Å². The molecule has 4 rings (SSSR count). The minimum Gasteiger partial charge on any atom is -0.392 e. The molecule has 1 aliphatic carbocycles. The predicted octanol–water partition coefficient (Wildman–Crippen LogP) is 3.55. The van der Waals surface area contributed by atoms with Crippen LogP contribution < -0.4 is 9.44 Å². The van der Waals surface area contributed by atoms with Gasteiger partial charge < -0.3 is 10.1 Å². The summed E-state index contributed by atoms with van der Waals surface area (Å²) in [6.07, 6.45) is 0.448. The minimum absolute atomic E-state index is 0.0371. The maximum absolute atomic E-state index is 14.4. The second-order valence-corrected chi connectivity index (χ2v) is 9.90. The molecule has 172 valence electrons. The predicted molar refractivity (Wildman–Crippen MR) is 116 cm³/mol. The molecule has 3 aromatic rings. The van der Waals surface area contributed by atoms with E-state index in [1.54, 1.807) is 12.1 Å². The first-order valence-corrected chi connectivity index (χ1v) is 11.8. The van der Waals surface area contributed by atoms with Crippen LogP contribution in [0.15, 0.2) is 36.4 Å². The van der Waals surface area contributed by atoms with Gasteiger partial charge in [-0.3, -0.25) is 0 Å². The molecule has 0 bridgehead atoms. The number of H-pyrrole nitrogens is 1. The third-order valence-electron chi connectivity index (χ3n) is 5.77. The van der Waals surface area contributed by atoms with Crippen LogP contribution in [0.25, 0.3) is 22.2 Å². The van der Waals surface area contributed by atoms with Gasteiger partial charge in [-0.05, 0) is 73.1 Å². The Morgan fingerprint density at radius 1 is 1.09 bits per heavy atom. The minimum atomic E-state index is -3.72. The smallest absolute Gasteiger partial charge is 0.277 e. The summed E-state index contributed by atoms with van der Waals surface area (Å²) in [5.41, 5.74) is 2.19. The lowest BCUT2D eigenvalue weighted by Crippen LogP contribution is -2.43. The van der Waals surface area contributed by atoms with E-state index in [1.807, 2.05) is 0 Å². The SMILES string of the molecule is C[C@@H](O)CNS(=O)(=O)NCC1CC(c2c(-c3ccc(F)cc3)[nH]c3c(F)cc(F)cc23)C1. The van der Waals surface area contributed by atoms with E-state index in [0.717, 1.165) is 11.6 Å². The van der Waals surface area contributed by atoms with Gasteiger partial charge in [0.05, 0.1) is 17.3 Å². The summed E-state index contributed by atoms with van der Waals surface area (Å²) in [4.78, 5) is 3.03. The monoisotopic (exact) mass is 467 g/mol. The highest BCUT2D eigenvalue weighted by atomic mass is 32.2. The van der Waals surface area contributed by atoms with Crippen molar-refractivity contribution < 1.29 is 26.7 Å². The molecule has 4 N–H and O–H groups in total. The van der Waals surface area contributed by atoms with Crippen LogP contribution in [0.3, 0.4) is 0 Å². The number of hydrogen-bond donors (Lipinski definition) is 4. The first-order chi connectivity index (χ1) is 15.1. The first kappa shape index (κ1) is 22.8. The van der Waals surface area contributed by atoms with Crippen LogP contribution in [0.2, 0.25) is 0 Å². The van der Waals surface area contributed by atoms with E-state index in [4.69, 9.17) is 0 Å². The Kier molecular flexibility index (Phi) is 6.30. The van der Waals surface area contributed by atoms with Gasteiger partial charge in [-0.1, -0.05) is 0 Å². The molecule has 2 aromatic carbocycles. The normalized spacial score (nSPS) is 19.8. The fourth-order valence-corrected chi connectivity index (χ4v) is 5.17. The molecule has 1 atom stereocenters. The number of rotatable bonds is 8. The molecule has 6 nitrogen and oxygen atoms in total. The summed E-state index contributed by atoms with van der Waals surface area (Å²) >= 11 is 0. The third kappa shape index (κ3) is 4.83. The highest BCUT2D eigenvalue weighted by molar-refractivity contribution is 7.87. The summed E-state index contributed by atoms with van der Waals surface area (Å²) in [6.45, 7) is 1.60. The Morgan fingerprint density at radius 2 is 1.78 bits per heavy atom. The zero-order valence-corrected chi connectivity index (χ0v) is 18.1. The van der Waals surface area contributed by atoms with Crippen LogP contribution in [-0.2, 0) is 10.2 Å². The quantitative estimate of drug-likeness (QED) is 0.408. The van der Waals surface area contributed by atoms with Gasteiger partial charge >= 0.3 is 0 Å². The van der Waals surface area contributed by atoms with E-state index in [9.17, 15) is 26.7 Å². The lowest BCUT2D eigenvalue weighted by molar-refractivity contribution is 0.198. The Hall–Kier alpha value is -2.40. The van der Waals surface area contributed by atoms with Crippen molar-refractivity contribution in [2.45, 2.75) is 31.8 Å². The number of halogens is 3. The van der Waals surface area contributed by atoms with Gasteiger partial charge in [0.2, 0.25) is 0 Å². The Balaban J connectivity index is 1.56. The zero-order valence-electron chi connectivity index (χ0n) is 17.3. The van der Waals surface area contributed by atoms with Crippen LogP contribution in [0, 0.1) is 23.4 Å². The molecular weight excluding hydrogens is 443 g/mol. The van der Waals surface area contributed by atoms with E-state index in [1.165, 1.54) is 25.1 Å². The molecule has 32 heavy (non-hydrogen) atoms. The molecule has 0 spiro atoms. The number of aliphatic hydroxyl groups excluding tert-OH is 1. The Bertz CT molecular complexity index is 1220. The molecule has 0 unspecified atom stereocenters. The van der Waals surface area contributed by atoms with Gasteiger partial charge in [-0.2, -0.15) is 13.1 Å². The molecule has 0 amide bonds. The molecule has 10 heteroatoms. The Labute approximate surface area is 184 Å². The molecule has 1 heterocycles. The van der Waals surface area contributed by atoms with Crippen LogP contribution in [-0.4, -0.2) is 37.7 Å². The Morgan fingerprint density at radius 3 is 2.44 bits per heavy atom. The van der Waals surface area contributed by atoms with Crippen LogP contribution in [0.5, 0.6) is 0 Å². The van der Waals surface area contributed by atoms with Crippen molar-refractivity contribution in [3.63, 3.8) is 0 Å². The van der Waals surface area contributed by atoms with Gasteiger partial charge in [-0.15, -0.1) is 0 Å². The first-order valence-electron chi connectivity index (χ1n) is 10.3. The van der Waals surface area contributed by atoms with Gasteiger partial charge in [0.1, 0.15) is 17.5 Å². The average molecular weight is 468 g/mol. The second kappa shape index (κ2) is 8.86. The van der Waals surface area contributed by atoms with Gasteiger partial charge in [0.15, 0.2) is 0 Å². The van der Waals surface area contributed by atoms with E-state index in [2.05, 4.69) is 14.4 Å². The standard InChI is InChI=1S/C22H24F3N3O3S/c1-12(29)10-26-32(30,31)27-11-13-6-15(7-13)20-18-8-17(24)9-19(25)22(18)28-21(20)14-2-4-16(23)5-3-14/h2-5,8-9,12-13,15,26-29H,6-7,10-11H2,1H3/t12-,13?,15?/m1/s1. The van der Waals surface area contributed by atoms with Gasteiger partial charge in [0.25, 0.3) is 10.2 Å². The molecule has 0 aliphatic heterocycles. The summed E-state index contributed by atoms with van der Waals surface area (Å²) in [5, 5.41) is 9.65. The highest BCUT2D eigenvalue weighted by Crippen LogP contribution is 2.48. The van der Waals surface area contributed by atoms with Gasteiger partial charge in [0, 0.05) is 24.5 Å². The van der Waals surface area contributed by atoms with Crippen LogP contribution in [0.1, 0.15) is 31.2 Å². The highest BCUT2D eigenvalue weighted by Gasteiger charge is 2.35. The van der Waals surface area contributed by atoms with Crippen molar-refractivity contribution in [2.75, 3.05) is 13.1 Å². The summed E-state index contributed by atoms with van der Waals surface area (Å²) < 4.78 is 70.5. The number of hydrogen-bond acceptors (Lipinski definition) is 3. The maximum Gasteiger partial charge on any atom is 0.277 e. The van der Waals surface area contributed by atoms with E-state index >= 15 is 0 Å². The number of aromatic amines is 1. The van der Waals surface area contributed by atoms with Crippen molar-refractivity contribution in [3.8, 4) is 11.3 Å². The molecule has 1 saturated carbocycles. The van der Waals surface area contributed by atoms with E-state index in [0.29, 0.717) is 29.5 Å². The van der Waals surface area contributed by atoms with E-state index in [-0.39, 0.29) is 30.4 Å². The van der Waals surface area contributed by atoms with Crippen LogP contribution >= 0.6 is 0 Å². The second-order valence-electron chi connectivity index (χ2n) is 8.31. The molecule has 1 aliphatic rings. The number of fused-ring (bicyclic) bond motifs is 1. The number of benzene rings is 2. The summed E-state index contributed by atoms with van der Waals surface area (Å²) in [5.74, 6) is -1.78. The largest absolute Gasteiger partial charge is 0.392 e. The zero-order chi connectivity index (χ0) is 23.0. The fourth-order valence-electron chi connectivity index (χ4n) is 4.16. The molecule has 1 fully saturated rings. The summed E-state index contributed by atoms with van der Waals surface area (Å²) in [6, 6.07) is 7.87. The van der Waals surface area contributed by atoms with Crippen molar-refractivity contribution in [2.24, 2.45) is 5.92 Å². The van der Waals surface area contributed by atoms with Crippen molar-refractivity contribution >= 4 is 21.1 Å². The lowest BCUT2D eigenvalue weighted by atomic mass is 9.70. The lowest BCUT2D eigenvalue weighted by Gasteiger charge is -2.36. The number of aliphatic hydroxyl groups is 1. The molecule has 0 saturated heterocycles. The fraction of sp³-hybridized carbons (Fsp3) is 0.364. The average Bonchev–Trinajstić information content (AvgIpc) is 3.05. The third-order valence-corrected chi connectivity index (χ3v) is 6.87. The van der Waals surface area contributed by atoms with E-state index < -0.39 is 33.8 Å². The maximum atomic E-state index is 14.4. The number of aromatic nitrogens is 1. The van der Waals surface area contributed by atoms with Gasteiger partial charge in [-0.25, -0.2) is 17.9 Å². The number of nitrogens with one attached hydrogen (secondary N) is 3. The van der Waals surface area contributed by atoms with Crippen molar-refractivity contribution in [1.29, 1.82) is 0 Å². The molecular formula is C22H24F3N3O3S. The van der Waals surface area contributed by atoms with Crippen molar-refractivity contribution in [3.05, 3.63) is 59.4 Å². The molecule has 0 radical (unpaired) electrons.